The number of nitrogens with one attached hydrogen (secondary N) is 5. The lowest BCUT2D eigenvalue weighted by Gasteiger charge is -2.11. The number of benzene rings is 5. The minimum absolute atomic E-state index is 0.0186. The molecule has 1 saturated heterocycles. The minimum atomic E-state index is -0.0186. The molecule has 10 rings (SSSR count). The number of anilines is 1. The zero-order valence-electron chi connectivity index (χ0n) is 31.5. The molecule has 1 amide bonds. The molecule has 0 bridgehead atoms. The molecular formula is C47H45N7O2. The van der Waals surface area contributed by atoms with Crippen LogP contribution in [0.2, 0.25) is 0 Å². The molecule has 9 nitrogen and oxygen atoms in total. The summed E-state index contributed by atoms with van der Waals surface area (Å²) in [6, 6.07) is 41.9. The summed E-state index contributed by atoms with van der Waals surface area (Å²) in [5.74, 6) is 0.881. The standard InChI is InChI=1S/C25H23N3O.C22H22N4O/c1-2-29-21-13-11-20(12-14-21)26-16-17-7-9-18(10-8-17)24-23-15-19-5-3-4-6-22(19)25(23)28-27-24;27-22(24-13-17-5-3-11-23-17)15-9-7-14(8-10-15)20-19-12-16-4-1-2-6-18(16)21(19)26-25-20/h3-14,26H,2,15-16H2,1H3,(H,27,28);1-2,4,6-10,17,23H,3,5,11-13H2,(H,24,27)(H,25,26)/t;17-/m.0/s1. The smallest absolute Gasteiger partial charge is 0.251 e. The number of carbonyl (C=O) groups is 1. The number of nitrogens with zero attached hydrogens (tertiary/aromatic N) is 2. The van der Waals surface area contributed by atoms with Crippen LogP contribution in [0.1, 0.15) is 57.9 Å². The van der Waals surface area contributed by atoms with Gasteiger partial charge in [-0.3, -0.25) is 15.0 Å². The summed E-state index contributed by atoms with van der Waals surface area (Å²) in [7, 11) is 0. The van der Waals surface area contributed by atoms with E-state index in [2.05, 4.69) is 109 Å². The number of aromatic nitrogens is 4. The first-order valence-electron chi connectivity index (χ1n) is 19.6. The van der Waals surface area contributed by atoms with Gasteiger partial charge in [-0.15, -0.1) is 0 Å². The van der Waals surface area contributed by atoms with Gasteiger partial charge in [-0.1, -0.05) is 84.9 Å². The zero-order valence-corrected chi connectivity index (χ0v) is 31.5. The second-order valence-corrected chi connectivity index (χ2v) is 14.6. The maximum atomic E-state index is 12.4. The van der Waals surface area contributed by atoms with Gasteiger partial charge in [0.1, 0.15) is 5.75 Å². The van der Waals surface area contributed by atoms with E-state index in [1.54, 1.807) is 0 Å². The van der Waals surface area contributed by atoms with Crippen LogP contribution in [0.25, 0.3) is 45.0 Å². The normalized spacial score (nSPS) is 14.6. The van der Waals surface area contributed by atoms with Gasteiger partial charge < -0.3 is 20.7 Å². The Bertz CT molecular complexity index is 2460. The largest absolute Gasteiger partial charge is 0.494 e. The molecule has 9 heteroatoms. The molecule has 56 heavy (non-hydrogen) atoms. The highest BCUT2D eigenvalue weighted by Crippen LogP contribution is 2.41. The van der Waals surface area contributed by atoms with Crippen molar-refractivity contribution in [3.8, 4) is 50.8 Å². The second-order valence-electron chi connectivity index (χ2n) is 14.6. The average Bonchev–Trinajstić information content (AvgIpc) is 4.09. The third-order valence-electron chi connectivity index (χ3n) is 11.0. The lowest BCUT2D eigenvalue weighted by Crippen LogP contribution is -2.37. The number of amides is 1. The predicted octanol–water partition coefficient (Wildman–Crippen LogP) is 8.79. The van der Waals surface area contributed by atoms with E-state index in [0.29, 0.717) is 24.8 Å². The molecule has 5 N–H and O–H groups in total. The van der Waals surface area contributed by atoms with Crippen molar-refractivity contribution in [2.75, 3.05) is 25.0 Å². The molecule has 1 aliphatic heterocycles. The summed E-state index contributed by atoms with van der Waals surface area (Å²) >= 11 is 0. The van der Waals surface area contributed by atoms with E-state index < -0.39 is 0 Å². The number of hydrogen-bond acceptors (Lipinski definition) is 6. The first-order valence-corrected chi connectivity index (χ1v) is 19.6. The Balaban J connectivity index is 0.000000147. The fraction of sp³-hybridized carbons (Fsp3) is 0.213. The molecule has 280 valence electrons. The van der Waals surface area contributed by atoms with Crippen molar-refractivity contribution in [1.82, 2.24) is 31.0 Å². The summed E-state index contributed by atoms with van der Waals surface area (Å²) in [6.45, 7) is 5.19. The Morgan fingerprint density at radius 3 is 1.89 bits per heavy atom. The molecular weight excluding hydrogens is 695 g/mol. The van der Waals surface area contributed by atoms with Gasteiger partial charge in [0.05, 0.1) is 29.4 Å². The minimum Gasteiger partial charge on any atom is -0.494 e. The third-order valence-corrected chi connectivity index (χ3v) is 11.0. The van der Waals surface area contributed by atoms with Crippen molar-refractivity contribution in [3.63, 3.8) is 0 Å². The summed E-state index contributed by atoms with van der Waals surface area (Å²) in [6.07, 6.45) is 4.16. The van der Waals surface area contributed by atoms with Gasteiger partial charge >= 0.3 is 0 Å². The van der Waals surface area contributed by atoms with Crippen LogP contribution in [0.5, 0.6) is 5.75 Å². The van der Waals surface area contributed by atoms with E-state index in [-0.39, 0.29) is 5.91 Å². The van der Waals surface area contributed by atoms with Crippen LogP contribution < -0.4 is 20.7 Å². The van der Waals surface area contributed by atoms with Crippen molar-refractivity contribution in [2.45, 2.75) is 45.2 Å². The van der Waals surface area contributed by atoms with Crippen LogP contribution in [0.15, 0.2) is 121 Å². The van der Waals surface area contributed by atoms with Gasteiger partial charge in [0.15, 0.2) is 0 Å². The number of H-pyrrole nitrogens is 2. The number of aromatic amines is 2. The molecule has 0 unspecified atom stereocenters. The van der Waals surface area contributed by atoms with Crippen LogP contribution in [0.4, 0.5) is 5.69 Å². The van der Waals surface area contributed by atoms with Gasteiger partial charge in [0.25, 0.3) is 5.91 Å². The van der Waals surface area contributed by atoms with Gasteiger partial charge in [-0.2, -0.15) is 10.2 Å². The van der Waals surface area contributed by atoms with Crippen LogP contribution in [-0.4, -0.2) is 52.0 Å². The van der Waals surface area contributed by atoms with Gasteiger partial charge in [-0.05, 0) is 79.4 Å². The second kappa shape index (κ2) is 15.7. The fourth-order valence-electron chi connectivity index (χ4n) is 8.06. The highest BCUT2D eigenvalue weighted by Gasteiger charge is 2.26. The molecule has 2 aliphatic carbocycles. The van der Waals surface area contributed by atoms with E-state index in [0.717, 1.165) is 77.7 Å². The molecule has 0 radical (unpaired) electrons. The van der Waals surface area contributed by atoms with Crippen molar-refractivity contribution < 1.29 is 9.53 Å². The van der Waals surface area contributed by atoms with Crippen molar-refractivity contribution in [1.29, 1.82) is 0 Å². The monoisotopic (exact) mass is 739 g/mol. The number of hydrogen-bond donors (Lipinski definition) is 5. The number of fused-ring (bicyclic) bond motifs is 6. The number of ether oxygens (including phenoxy) is 1. The molecule has 3 aliphatic rings. The van der Waals surface area contributed by atoms with E-state index in [1.165, 1.54) is 45.4 Å². The van der Waals surface area contributed by atoms with E-state index in [9.17, 15) is 4.79 Å². The fourth-order valence-corrected chi connectivity index (χ4v) is 8.06. The lowest BCUT2D eigenvalue weighted by molar-refractivity contribution is 0.0950. The number of carbonyl (C=O) groups excluding carboxylic acids is 1. The van der Waals surface area contributed by atoms with Crippen molar-refractivity contribution in [3.05, 3.63) is 155 Å². The SMILES string of the molecule is CCOc1ccc(NCc2ccc(-c3n[nH]c4c3Cc3ccccc3-4)cc2)cc1.O=C(NC[C@@H]1CCCN1)c1ccc(-c2n[nH]c3c2Cc2ccccc2-3)cc1. The quantitative estimate of drug-likeness (QED) is 0.0957. The highest BCUT2D eigenvalue weighted by atomic mass is 16.5. The molecule has 7 aromatic rings. The van der Waals surface area contributed by atoms with Crippen molar-refractivity contribution in [2.24, 2.45) is 0 Å². The summed E-state index contributed by atoms with van der Waals surface area (Å²) < 4.78 is 5.49. The maximum absolute atomic E-state index is 12.4. The zero-order chi connectivity index (χ0) is 37.8. The molecule has 0 saturated carbocycles. The van der Waals surface area contributed by atoms with Gasteiger partial charge in [-0.25, -0.2) is 0 Å². The predicted molar refractivity (Wildman–Crippen MR) is 223 cm³/mol. The van der Waals surface area contributed by atoms with Gasteiger partial charge in [0.2, 0.25) is 0 Å². The molecule has 2 aromatic heterocycles. The first kappa shape index (κ1) is 35.3. The van der Waals surface area contributed by atoms with E-state index in [4.69, 9.17) is 4.74 Å². The Hall–Kier alpha value is -6.45. The topological polar surface area (TPSA) is 120 Å². The Morgan fingerprint density at radius 1 is 0.732 bits per heavy atom. The molecule has 1 fully saturated rings. The molecule has 1 atom stereocenters. The first-order chi connectivity index (χ1) is 27.6. The summed E-state index contributed by atoms with van der Waals surface area (Å²) in [5, 5.41) is 25.5. The van der Waals surface area contributed by atoms with E-state index in [1.807, 2.05) is 55.5 Å². The Kier molecular flexibility index (Phi) is 9.90. The average molecular weight is 740 g/mol. The van der Waals surface area contributed by atoms with Gasteiger partial charge in [0, 0.05) is 76.6 Å². The third kappa shape index (κ3) is 7.21. The van der Waals surface area contributed by atoms with Crippen LogP contribution >= 0.6 is 0 Å². The van der Waals surface area contributed by atoms with Crippen LogP contribution in [0.3, 0.4) is 0 Å². The Labute approximate surface area is 326 Å². The van der Waals surface area contributed by atoms with E-state index >= 15 is 0 Å². The Morgan fingerprint density at radius 2 is 1.32 bits per heavy atom. The van der Waals surface area contributed by atoms with Crippen molar-refractivity contribution >= 4 is 11.6 Å². The maximum Gasteiger partial charge on any atom is 0.251 e. The highest BCUT2D eigenvalue weighted by molar-refractivity contribution is 5.95. The molecule has 3 heterocycles. The van der Waals surface area contributed by atoms with Crippen LogP contribution in [-0.2, 0) is 19.4 Å². The lowest BCUT2D eigenvalue weighted by atomic mass is 10.0. The summed E-state index contributed by atoms with van der Waals surface area (Å²) in [4.78, 5) is 12.4. The molecule has 5 aromatic carbocycles. The van der Waals surface area contributed by atoms with Crippen LogP contribution in [0, 0.1) is 0 Å². The molecule has 0 spiro atoms. The number of rotatable bonds is 10. The summed E-state index contributed by atoms with van der Waals surface area (Å²) in [5.41, 5.74) is 17.3.